The average Bonchev–Trinajstić information content (AvgIpc) is 2.70. The Morgan fingerprint density at radius 1 is 1.00 bits per heavy atom. The van der Waals surface area contributed by atoms with Crippen LogP contribution in [0, 0.1) is 30.1 Å². The Morgan fingerprint density at radius 3 is 2.16 bits per heavy atom. The SMILES string of the molecule is Cc1ccc(CNC(=O)[C@@H](C)OC(=O)CNC(=O)CC23CC4CC(CC(C4)C2)C3)cc1. The minimum Gasteiger partial charge on any atom is -0.451 e. The second-order valence-corrected chi connectivity index (χ2v) is 10.2. The summed E-state index contributed by atoms with van der Waals surface area (Å²) in [6.45, 7) is 3.73. The van der Waals surface area contributed by atoms with Gasteiger partial charge in [0.1, 0.15) is 6.54 Å². The average molecular weight is 427 g/mol. The zero-order chi connectivity index (χ0) is 22.0. The number of amides is 2. The van der Waals surface area contributed by atoms with Crippen LogP contribution in [0.5, 0.6) is 0 Å². The van der Waals surface area contributed by atoms with Crippen molar-refractivity contribution in [3.63, 3.8) is 0 Å². The molecule has 0 spiro atoms. The van der Waals surface area contributed by atoms with E-state index in [1.807, 2.05) is 31.2 Å². The summed E-state index contributed by atoms with van der Waals surface area (Å²) in [5.41, 5.74) is 2.28. The Hall–Kier alpha value is -2.37. The highest BCUT2D eigenvalue weighted by Crippen LogP contribution is 2.61. The van der Waals surface area contributed by atoms with Gasteiger partial charge in [0.05, 0.1) is 0 Å². The quantitative estimate of drug-likeness (QED) is 0.625. The maximum atomic E-state index is 12.5. The first kappa shape index (κ1) is 21.8. The molecule has 2 amide bonds. The molecule has 4 aliphatic carbocycles. The number of carbonyl (C=O) groups is 3. The number of esters is 1. The van der Waals surface area contributed by atoms with E-state index in [0.717, 1.165) is 48.1 Å². The molecule has 4 bridgehead atoms. The molecular formula is C25H34N2O4. The summed E-state index contributed by atoms with van der Waals surface area (Å²) < 4.78 is 5.20. The van der Waals surface area contributed by atoms with Crippen molar-refractivity contribution in [1.29, 1.82) is 0 Å². The highest BCUT2D eigenvalue weighted by atomic mass is 16.5. The number of hydrogen-bond acceptors (Lipinski definition) is 4. The fourth-order valence-electron chi connectivity index (χ4n) is 6.41. The lowest BCUT2D eigenvalue weighted by atomic mass is 9.49. The van der Waals surface area contributed by atoms with E-state index in [4.69, 9.17) is 4.74 Å². The molecule has 6 nitrogen and oxygen atoms in total. The van der Waals surface area contributed by atoms with Crippen LogP contribution in [0.15, 0.2) is 24.3 Å². The fourth-order valence-corrected chi connectivity index (χ4v) is 6.41. The smallest absolute Gasteiger partial charge is 0.326 e. The minimum atomic E-state index is -0.905. The maximum Gasteiger partial charge on any atom is 0.326 e. The third-order valence-corrected chi connectivity index (χ3v) is 7.40. The van der Waals surface area contributed by atoms with Gasteiger partial charge in [-0.1, -0.05) is 29.8 Å². The topological polar surface area (TPSA) is 84.5 Å². The lowest BCUT2D eigenvalue weighted by molar-refractivity contribution is -0.154. The monoisotopic (exact) mass is 426 g/mol. The van der Waals surface area contributed by atoms with Crippen LogP contribution in [0.3, 0.4) is 0 Å². The lowest BCUT2D eigenvalue weighted by Gasteiger charge is -2.56. The molecular weight excluding hydrogens is 392 g/mol. The summed E-state index contributed by atoms with van der Waals surface area (Å²) in [5, 5.41) is 5.49. The van der Waals surface area contributed by atoms with Gasteiger partial charge in [0, 0.05) is 13.0 Å². The largest absolute Gasteiger partial charge is 0.451 e. The van der Waals surface area contributed by atoms with Gasteiger partial charge in [-0.3, -0.25) is 14.4 Å². The first-order chi connectivity index (χ1) is 14.8. The summed E-state index contributed by atoms with van der Waals surface area (Å²) in [6, 6.07) is 7.87. The summed E-state index contributed by atoms with van der Waals surface area (Å²) in [4.78, 5) is 36.9. The molecule has 1 aromatic rings. The van der Waals surface area contributed by atoms with Crippen molar-refractivity contribution in [2.45, 2.75) is 71.4 Å². The van der Waals surface area contributed by atoms with Crippen LogP contribution in [0.2, 0.25) is 0 Å². The van der Waals surface area contributed by atoms with Gasteiger partial charge in [0.2, 0.25) is 5.91 Å². The summed E-state index contributed by atoms with van der Waals surface area (Å²) >= 11 is 0. The van der Waals surface area contributed by atoms with Crippen molar-refractivity contribution >= 4 is 17.8 Å². The van der Waals surface area contributed by atoms with Crippen LogP contribution in [-0.2, 0) is 25.7 Å². The Balaban J connectivity index is 1.17. The van der Waals surface area contributed by atoms with E-state index >= 15 is 0 Å². The van der Waals surface area contributed by atoms with Gasteiger partial charge < -0.3 is 15.4 Å². The van der Waals surface area contributed by atoms with Crippen LogP contribution in [0.25, 0.3) is 0 Å². The van der Waals surface area contributed by atoms with E-state index < -0.39 is 12.1 Å². The second kappa shape index (κ2) is 9.01. The highest BCUT2D eigenvalue weighted by molar-refractivity contribution is 5.86. The fraction of sp³-hybridized carbons (Fsp3) is 0.640. The molecule has 1 aromatic carbocycles. The van der Waals surface area contributed by atoms with E-state index in [9.17, 15) is 14.4 Å². The number of nitrogens with one attached hydrogen (secondary N) is 2. The maximum absolute atomic E-state index is 12.5. The Morgan fingerprint density at radius 2 is 1.58 bits per heavy atom. The molecule has 168 valence electrons. The zero-order valence-corrected chi connectivity index (χ0v) is 18.6. The van der Waals surface area contributed by atoms with Crippen molar-refractivity contribution < 1.29 is 19.1 Å². The Bertz CT molecular complexity index is 797. The van der Waals surface area contributed by atoms with E-state index in [1.165, 1.54) is 19.3 Å². The Kier molecular flexibility index (Phi) is 6.35. The number of hydrogen-bond donors (Lipinski definition) is 2. The van der Waals surface area contributed by atoms with E-state index in [0.29, 0.717) is 13.0 Å². The van der Waals surface area contributed by atoms with Crippen LogP contribution in [0.4, 0.5) is 0 Å². The molecule has 31 heavy (non-hydrogen) atoms. The van der Waals surface area contributed by atoms with Crippen LogP contribution < -0.4 is 10.6 Å². The normalized spacial score (nSPS) is 29.3. The van der Waals surface area contributed by atoms with E-state index in [1.54, 1.807) is 6.92 Å². The van der Waals surface area contributed by atoms with Gasteiger partial charge in [-0.2, -0.15) is 0 Å². The first-order valence-electron chi connectivity index (χ1n) is 11.6. The number of aryl methyl sites for hydroxylation is 1. The predicted molar refractivity (Wildman–Crippen MR) is 117 cm³/mol. The molecule has 0 radical (unpaired) electrons. The van der Waals surface area contributed by atoms with Crippen molar-refractivity contribution in [3.05, 3.63) is 35.4 Å². The van der Waals surface area contributed by atoms with Crippen LogP contribution in [0.1, 0.15) is 63.0 Å². The molecule has 1 atom stereocenters. The third-order valence-electron chi connectivity index (χ3n) is 7.40. The summed E-state index contributed by atoms with van der Waals surface area (Å²) in [5.74, 6) is 1.37. The minimum absolute atomic E-state index is 0.0737. The van der Waals surface area contributed by atoms with Gasteiger partial charge in [-0.15, -0.1) is 0 Å². The predicted octanol–water partition coefficient (Wildman–Crippen LogP) is 3.27. The number of carbonyl (C=O) groups excluding carboxylic acids is 3. The van der Waals surface area contributed by atoms with Gasteiger partial charge >= 0.3 is 5.97 Å². The van der Waals surface area contributed by atoms with Crippen molar-refractivity contribution in [2.75, 3.05) is 6.54 Å². The molecule has 2 N–H and O–H groups in total. The van der Waals surface area contributed by atoms with Crippen molar-refractivity contribution in [2.24, 2.45) is 23.2 Å². The molecule has 0 unspecified atom stereocenters. The molecule has 4 fully saturated rings. The molecule has 4 saturated carbocycles. The molecule has 0 saturated heterocycles. The summed E-state index contributed by atoms with van der Waals surface area (Å²) in [6.07, 6.45) is 7.12. The second-order valence-electron chi connectivity index (χ2n) is 10.2. The van der Waals surface area contributed by atoms with Gasteiger partial charge in [0.25, 0.3) is 5.91 Å². The number of ether oxygens (including phenoxy) is 1. The van der Waals surface area contributed by atoms with Crippen molar-refractivity contribution in [3.8, 4) is 0 Å². The van der Waals surface area contributed by atoms with E-state index in [2.05, 4.69) is 10.6 Å². The molecule has 4 aliphatic rings. The van der Waals surface area contributed by atoms with Gasteiger partial charge in [0.15, 0.2) is 6.10 Å². The van der Waals surface area contributed by atoms with Gasteiger partial charge in [-0.05, 0) is 81.1 Å². The molecule has 0 aromatic heterocycles. The number of benzene rings is 1. The van der Waals surface area contributed by atoms with E-state index in [-0.39, 0.29) is 23.8 Å². The van der Waals surface area contributed by atoms with Gasteiger partial charge in [-0.25, -0.2) is 0 Å². The highest BCUT2D eigenvalue weighted by Gasteiger charge is 2.51. The lowest BCUT2D eigenvalue weighted by Crippen LogP contribution is -2.48. The third kappa shape index (κ3) is 5.46. The number of rotatable bonds is 8. The Labute approximate surface area is 184 Å². The zero-order valence-electron chi connectivity index (χ0n) is 18.6. The van der Waals surface area contributed by atoms with Crippen LogP contribution >= 0.6 is 0 Å². The molecule has 5 rings (SSSR count). The summed E-state index contributed by atoms with van der Waals surface area (Å²) in [7, 11) is 0. The standard InChI is InChI=1S/C25H34N2O4/c1-16-3-5-18(6-4-16)14-27-24(30)17(2)31-23(29)15-26-22(28)13-25-10-19-7-20(11-25)9-21(8-19)12-25/h3-6,17,19-21H,7-15H2,1-2H3,(H,26,28)(H,27,30)/t17-,19?,20?,21?,25?/m1/s1. The molecule has 0 heterocycles. The van der Waals surface area contributed by atoms with Crippen LogP contribution in [-0.4, -0.2) is 30.4 Å². The van der Waals surface area contributed by atoms with Crippen molar-refractivity contribution in [1.82, 2.24) is 10.6 Å². The molecule has 0 aliphatic heterocycles. The molecule has 6 heteroatoms. The first-order valence-corrected chi connectivity index (χ1v) is 11.6.